The highest BCUT2D eigenvalue weighted by molar-refractivity contribution is 5.98. The minimum atomic E-state index is -1.48. The predicted octanol–water partition coefficient (Wildman–Crippen LogP) is -0.660. The molecule has 0 saturated heterocycles. The normalized spacial score (nSPS) is 15.2. The van der Waals surface area contributed by atoms with Crippen LogP contribution in [0.1, 0.15) is 13.8 Å². The molecular weight excluding hydrogens is 148 g/mol. The molecule has 11 heavy (non-hydrogen) atoms. The lowest BCUT2D eigenvalue weighted by molar-refractivity contribution is -0.138. The molecule has 0 radical (unpaired) electrons. The number of hydrogen-bond acceptors (Lipinski definition) is 4. The van der Waals surface area contributed by atoms with Gasteiger partial charge in [-0.15, -0.1) is 0 Å². The molecule has 0 amide bonds. The topological polar surface area (TPSA) is 71.4 Å². The van der Waals surface area contributed by atoms with Crippen molar-refractivity contribution in [2.45, 2.75) is 20.0 Å². The van der Waals surface area contributed by atoms with Gasteiger partial charge in [-0.3, -0.25) is 9.59 Å². The molecule has 2 atom stereocenters. The first-order chi connectivity index (χ1) is 5.00. The summed E-state index contributed by atoms with van der Waals surface area (Å²) in [5, 5.41) is 8.96. The van der Waals surface area contributed by atoms with Crippen LogP contribution in [-0.2, 0) is 14.4 Å². The summed E-state index contributed by atoms with van der Waals surface area (Å²) in [6.07, 6.45) is -1.20. The van der Waals surface area contributed by atoms with Gasteiger partial charge in [0.1, 0.15) is 24.1 Å². The molecular formula is C7H10O4. The van der Waals surface area contributed by atoms with Crippen molar-refractivity contribution in [2.24, 2.45) is 5.92 Å². The van der Waals surface area contributed by atoms with E-state index in [2.05, 4.69) is 0 Å². The van der Waals surface area contributed by atoms with Gasteiger partial charge in [-0.1, -0.05) is 0 Å². The summed E-state index contributed by atoms with van der Waals surface area (Å²) in [6, 6.07) is 0. The fourth-order valence-electron chi connectivity index (χ4n) is 0.645. The largest absolute Gasteiger partial charge is 0.384 e. The van der Waals surface area contributed by atoms with Crippen LogP contribution >= 0.6 is 0 Å². The fourth-order valence-corrected chi connectivity index (χ4v) is 0.645. The molecule has 4 nitrogen and oxygen atoms in total. The van der Waals surface area contributed by atoms with Crippen LogP contribution in [0.2, 0.25) is 0 Å². The third-order valence-corrected chi connectivity index (χ3v) is 1.37. The summed E-state index contributed by atoms with van der Waals surface area (Å²) in [7, 11) is 0. The van der Waals surface area contributed by atoms with Gasteiger partial charge in [0.2, 0.25) is 0 Å². The van der Waals surface area contributed by atoms with E-state index in [4.69, 9.17) is 5.11 Å². The van der Waals surface area contributed by atoms with Gasteiger partial charge >= 0.3 is 0 Å². The number of Topliss-reactive ketones (excluding diaryl/α,β-unsaturated/α-hetero) is 2. The van der Waals surface area contributed by atoms with Crippen LogP contribution in [0.15, 0.2) is 0 Å². The van der Waals surface area contributed by atoms with Gasteiger partial charge in [0.25, 0.3) is 0 Å². The van der Waals surface area contributed by atoms with Crippen LogP contribution in [0, 0.1) is 5.92 Å². The highest BCUT2D eigenvalue weighted by Crippen LogP contribution is 2.02. The molecule has 0 aromatic rings. The second-order valence-corrected chi connectivity index (χ2v) is 2.33. The first kappa shape index (κ1) is 9.97. The molecule has 0 aromatic carbocycles. The second kappa shape index (κ2) is 3.98. The number of aliphatic hydroxyl groups excluding tert-OH is 1. The third kappa shape index (κ3) is 2.59. The molecule has 2 unspecified atom stereocenters. The molecule has 0 rings (SSSR count). The maximum Gasteiger partial charge on any atom is 0.159 e. The average Bonchev–Trinajstić information content (AvgIpc) is 1.88. The van der Waals surface area contributed by atoms with E-state index in [1.54, 1.807) is 0 Å². The maximum atomic E-state index is 10.6. The van der Waals surface area contributed by atoms with Crippen molar-refractivity contribution in [1.29, 1.82) is 0 Å². The summed E-state index contributed by atoms with van der Waals surface area (Å²) in [6.45, 7) is 2.29. The van der Waals surface area contributed by atoms with Crippen LogP contribution in [0.5, 0.6) is 0 Å². The molecule has 0 saturated carbocycles. The van der Waals surface area contributed by atoms with Crippen LogP contribution in [0.3, 0.4) is 0 Å². The zero-order chi connectivity index (χ0) is 9.02. The van der Waals surface area contributed by atoms with Crippen molar-refractivity contribution < 1.29 is 19.5 Å². The Kier molecular flexibility index (Phi) is 3.60. The number of aliphatic hydroxyl groups is 1. The summed E-state index contributed by atoms with van der Waals surface area (Å²) in [5.74, 6) is -2.27. The van der Waals surface area contributed by atoms with E-state index >= 15 is 0 Å². The van der Waals surface area contributed by atoms with Gasteiger partial charge in [0.15, 0.2) is 5.78 Å². The fraction of sp³-hybridized carbons (Fsp3) is 0.571. The van der Waals surface area contributed by atoms with Crippen molar-refractivity contribution in [3.8, 4) is 0 Å². The molecule has 0 aliphatic carbocycles. The van der Waals surface area contributed by atoms with Gasteiger partial charge in [0.05, 0.1) is 0 Å². The number of carbonyl (C=O) groups excluding carboxylic acids is 3. The number of rotatable bonds is 4. The summed E-state index contributed by atoms with van der Waals surface area (Å²) < 4.78 is 0. The van der Waals surface area contributed by atoms with Crippen LogP contribution in [-0.4, -0.2) is 29.1 Å². The zero-order valence-corrected chi connectivity index (χ0v) is 6.40. The molecule has 4 heteroatoms. The Labute approximate surface area is 64.2 Å². The van der Waals surface area contributed by atoms with E-state index in [-0.39, 0.29) is 6.29 Å². The minimum absolute atomic E-state index is 0.286. The molecule has 0 aromatic heterocycles. The zero-order valence-electron chi connectivity index (χ0n) is 6.40. The number of ketones is 2. The van der Waals surface area contributed by atoms with E-state index in [1.165, 1.54) is 0 Å². The van der Waals surface area contributed by atoms with Gasteiger partial charge in [-0.25, -0.2) is 0 Å². The lowest BCUT2D eigenvalue weighted by atomic mass is 9.98. The van der Waals surface area contributed by atoms with Crippen LogP contribution in [0.25, 0.3) is 0 Å². The van der Waals surface area contributed by atoms with Crippen molar-refractivity contribution in [1.82, 2.24) is 0 Å². The summed E-state index contributed by atoms with van der Waals surface area (Å²) >= 11 is 0. The first-order valence-corrected chi connectivity index (χ1v) is 3.15. The summed E-state index contributed by atoms with van der Waals surface area (Å²) in [4.78, 5) is 31.2. The first-order valence-electron chi connectivity index (χ1n) is 3.15. The Balaban J connectivity index is 4.37. The average molecular weight is 158 g/mol. The molecule has 0 heterocycles. The molecule has 0 bridgehead atoms. The maximum absolute atomic E-state index is 10.6. The van der Waals surface area contributed by atoms with Gasteiger partial charge in [-0.05, 0) is 13.8 Å². The highest BCUT2D eigenvalue weighted by Gasteiger charge is 2.26. The molecule has 1 N–H and O–H groups in total. The lowest BCUT2D eigenvalue weighted by Gasteiger charge is -2.10. The smallest absolute Gasteiger partial charge is 0.159 e. The number of aldehydes is 1. The van der Waals surface area contributed by atoms with E-state index in [1.807, 2.05) is 0 Å². The quantitative estimate of drug-likeness (QED) is 0.435. The molecule has 0 aliphatic heterocycles. The lowest BCUT2D eigenvalue weighted by Crippen LogP contribution is -2.33. The minimum Gasteiger partial charge on any atom is -0.384 e. The SMILES string of the molecule is CC(=O)C(O)C(C=O)C(C)=O. The Hall–Kier alpha value is -1.03. The van der Waals surface area contributed by atoms with Crippen molar-refractivity contribution >= 4 is 17.9 Å². The standard InChI is InChI=1S/C7H10O4/c1-4(9)6(3-8)7(11)5(2)10/h3,6-7,11H,1-2H3. The van der Waals surface area contributed by atoms with Crippen molar-refractivity contribution in [3.05, 3.63) is 0 Å². The van der Waals surface area contributed by atoms with Crippen molar-refractivity contribution in [3.63, 3.8) is 0 Å². The van der Waals surface area contributed by atoms with Gasteiger partial charge < -0.3 is 9.90 Å². The van der Waals surface area contributed by atoms with E-state index < -0.39 is 23.6 Å². The van der Waals surface area contributed by atoms with E-state index in [0.717, 1.165) is 13.8 Å². The van der Waals surface area contributed by atoms with Gasteiger partial charge in [0, 0.05) is 0 Å². The van der Waals surface area contributed by atoms with E-state index in [0.29, 0.717) is 0 Å². The Morgan fingerprint density at radius 1 is 1.27 bits per heavy atom. The molecule has 0 aliphatic rings. The summed E-state index contributed by atoms with van der Waals surface area (Å²) in [5.41, 5.74) is 0. The number of carbonyl (C=O) groups is 3. The Bertz CT molecular complexity index is 185. The molecule has 62 valence electrons. The van der Waals surface area contributed by atoms with Crippen LogP contribution in [0.4, 0.5) is 0 Å². The van der Waals surface area contributed by atoms with Crippen LogP contribution < -0.4 is 0 Å². The Morgan fingerprint density at radius 3 is 1.82 bits per heavy atom. The molecule has 0 fully saturated rings. The van der Waals surface area contributed by atoms with E-state index in [9.17, 15) is 14.4 Å². The second-order valence-electron chi connectivity index (χ2n) is 2.33. The molecule has 0 spiro atoms. The van der Waals surface area contributed by atoms with Crippen molar-refractivity contribution in [2.75, 3.05) is 0 Å². The van der Waals surface area contributed by atoms with Gasteiger partial charge in [-0.2, -0.15) is 0 Å². The third-order valence-electron chi connectivity index (χ3n) is 1.37. The predicted molar refractivity (Wildman–Crippen MR) is 36.9 cm³/mol. The number of hydrogen-bond donors (Lipinski definition) is 1. The Morgan fingerprint density at radius 2 is 1.73 bits per heavy atom. The highest BCUT2D eigenvalue weighted by atomic mass is 16.3. The monoisotopic (exact) mass is 158 g/mol.